The summed E-state index contributed by atoms with van der Waals surface area (Å²) in [4.78, 5) is 4.15. The topological polar surface area (TPSA) is 82.2 Å². The molecule has 1 aromatic carbocycles. The molecule has 0 aliphatic rings. The smallest absolute Gasteiger partial charge is 0.240 e. The monoisotopic (exact) mass is 253 g/mol. The van der Waals surface area contributed by atoms with Gasteiger partial charge >= 0.3 is 0 Å². The average Bonchev–Trinajstić information content (AvgIpc) is 2.81. The van der Waals surface area contributed by atoms with Crippen molar-refractivity contribution in [3.05, 3.63) is 47.7 Å². The van der Waals surface area contributed by atoms with Gasteiger partial charge in [0.2, 0.25) is 5.95 Å². The van der Waals surface area contributed by atoms with Crippen molar-refractivity contribution in [1.29, 1.82) is 0 Å². The lowest BCUT2D eigenvalue weighted by molar-refractivity contribution is 0.922. The summed E-state index contributed by atoms with van der Waals surface area (Å²) in [5.74, 6) is 0.290. The second kappa shape index (κ2) is 4.37. The molecule has 0 fully saturated rings. The third-order valence-corrected chi connectivity index (χ3v) is 3.26. The summed E-state index contributed by atoms with van der Waals surface area (Å²) in [6, 6.07) is 12.2. The molecule has 96 valence electrons. The minimum atomic E-state index is 0.290. The van der Waals surface area contributed by atoms with Crippen molar-refractivity contribution in [2.75, 3.05) is 5.73 Å². The average molecular weight is 253 g/mol. The van der Waals surface area contributed by atoms with Crippen molar-refractivity contribution in [2.45, 2.75) is 13.5 Å². The molecule has 2 aromatic heterocycles. The molecule has 0 amide bonds. The normalized spacial score (nSPS) is 11.1. The van der Waals surface area contributed by atoms with Gasteiger partial charge in [-0.15, -0.1) is 5.10 Å². The predicted molar refractivity (Wildman–Crippen MR) is 75.5 cm³/mol. The molecule has 0 unspecified atom stereocenters. The van der Waals surface area contributed by atoms with Crippen LogP contribution in [-0.2, 0) is 6.54 Å². The number of anilines is 1. The molecule has 0 saturated carbocycles. The number of hydrogen-bond donors (Lipinski definition) is 2. The molecule has 0 aliphatic carbocycles. The third-order valence-electron chi connectivity index (χ3n) is 3.26. The van der Waals surface area contributed by atoms with Gasteiger partial charge in [0.1, 0.15) is 0 Å². The highest BCUT2D eigenvalue weighted by Crippen LogP contribution is 2.24. The highest BCUT2D eigenvalue weighted by atomic mass is 15.3. The SMILES string of the molecule is Cc1c(-c2ccc(CN)cc2)ccc2nc(N)nn12. The van der Waals surface area contributed by atoms with Crippen molar-refractivity contribution in [3.8, 4) is 11.1 Å². The van der Waals surface area contributed by atoms with Crippen LogP contribution >= 0.6 is 0 Å². The maximum atomic E-state index is 5.63. The van der Waals surface area contributed by atoms with Gasteiger partial charge in [0.15, 0.2) is 5.65 Å². The number of fused-ring (bicyclic) bond motifs is 1. The summed E-state index contributed by atoms with van der Waals surface area (Å²) >= 11 is 0. The molecule has 3 aromatic rings. The van der Waals surface area contributed by atoms with Crippen molar-refractivity contribution >= 4 is 11.6 Å². The predicted octanol–water partition coefficient (Wildman–Crippen LogP) is 1.75. The Kier molecular flexibility index (Phi) is 2.68. The number of aromatic nitrogens is 3. The van der Waals surface area contributed by atoms with E-state index in [0.717, 1.165) is 28.0 Å². The number of nitrogens with two attached hydrogens (primary N) is 2. The lowest BCUT2D eigenvalue weighted by Gasteiger charge is -2.08. The highest BCUT2D eigenvalue weighted by molar-refractivity contribution is 5.68. The van der Waals surface area contributed by atoms with Crippen LogP contribution in [0.2, 0.25) is 0 Å². The molecule has 2 heterocycles. The Bertz CT molecular complexity index is 727. The van der Waals surface area contributed by atoms with Crippen LogP contribution in [0.4, 0.5) is 5.95 Å². The zero-order valence-corrected chi connectivity index (χ0v) is 10.7. The number of hydrogen-bond acceptors (Lipinski definition) is 4. The zero-order valence-electron chi connectivity index (χ0n) is 10.7. The van der Waals surface area contributed by atoms with Gasteiger partial charge in [-0.05, 0) is 30.2 Å². The molecule has 5 nitrogen and oxygen atoms in total. The molecule has 4 N–H and O–H groups in total. The molecule has 0 bridgehead atoms. The van der Waals surface area contributed by atoms with E-state index in [9.17, 15) is 0 Å². The van der Waals surface area contributed by atoms with Crippen LogP contribution < -0.4 is 11.5 Å². The quantitative estimate of drug-likeness (QED) is 0.729. The van der Waals surface area contributed by atoms with Crippen molar-refractivity contribution in [2.24, 2.45) is 5.73 Å². The zero-order chi connectivity index (χ0) is 13.4. The second-order valence-corrected chi connectivity index (χ2v) is 4.47. The molecule has 5 heteroatoms. The van der Waals surface area contributed by atoms with Crippen LogP contribution in [-0.4, -0.2) is 14.6 Å². The Hall–Kier alpha value is -2.40. The number of pyridine rings is 1. The fraction of sp³-hybridized carbons (Fsp3) is 0.143. The van der Waals surface area contributed by atoms with E-state index < -0.39 is 0 Å². The summed E-state index contributed by atoms with van der Waals surface area (Å²) in [6.45, 7) is 2.56. The van der Waals surface area contributed by atoms with Gasteiger partial charge in [-0.3, -0.25) is 0 Å². The van der Waals surface area contributed by atoms with Crippen LogP contribution in [0.3, 0.4) is 0 Å². The lowest BCUT2D eigenvalue weighted by Crippen LogP contribution is -1.98. The molecular weight excluding hydrogens is 238 g/mol. The molecule has 0 aliphatic heterocycles. The number of rotatable bonds is 2. The molecule has 0 saturated heterocycles. The van der Waals surface area contributed by atoms with Gasteiger partial charge < -0.3 is 11.5 Å². The van der Waals surface area contributed by atoms with Gasteiger partial charge in [-0.1, -0.05) is 24.3 Å². The van der Waals surface area contributed by atoms with Gasteiger partial charge in [0, 0.05) is 17.8 Å². The Morgan fingerprint density at radius 1 is 1.11 bits per heavy atom. The van der Waals surface area contributed by atoms with E-state index in [4.69, 9.17) is 11.5 Å². The van der Waals surface area contributed by atoms with E-state index in [1.54, 1.807) is 4.52 Å². The summed E-state index contributed by atoms with van der Waals surface area (Å²) in [5, 5.41) is 4.20. The maximum absolute atomic E-state index is 5.63. The van der Waals surface area contributed by atoms with Crippen LogP contribution in [0.5, 0.6) is 0 Å². The van der Waals surface area contributed by atoms with E-state index in [1.165, 1.54) is 0 Å². The highest BCUT2D eigenvalue weighted by Gasteiger charge is 2.08. The van der Waals surface area contributed by atoms with Crippen molar-refractivity contribution < 1.29 is 0 Å². The standard InChI is InChI=1S/C14H15N5/c1-9-12(11-4-2-10(8-15)3-5-11)6-7-13-17-14(16)18-19(9)13/h2-7H,8,15H2,1H3,(H2,16,18). The fourth-order valence-electron chi connectivity index (χ4n) is 2.21. The van der Waals surface area contributed by atoms with E-state index in [1.807, 2.05) is 31.2 Å². The summed E-state index contributed by atoms with van der Waals surface area (Å²) in [7, 11) is 0. The summed E-state index contributed by atoms with van der Waals surface area (Å²) < 4.78 is 1.77. The van der Waals surface area contributed by atoms with Crippen LogP contribution in [0, 0.1) is 6.92 Å². The Labute approximate surface area is 110 Å². The Morgan fingerprint density at radius 2 is 1.84 bits per heavy atom. The molecule has 3 rings (SSSR count). The largest absolute Gasteiger partial charge is 0.366 e. The fourth-order valence-corrected chi connectivity index (χ4v) is 2.21. The molecule has 0 atom stereocenters. The summed E-state index contributed by atoms with van der Waals surface area (Å²) in [5.41, 5.74) is 16.4. The van der Waals surface area contributed by atoms with Gasteiger partial charge in [0.05, 0.1) is 0 Å². The van der Waals surface area contributed by atoms with Crippen LogP contribution in [0.25, 0.3) is 16.8 Å². The Balaban J connectivity index is 2.15. The van der Waals surface area contributed by atoms with E-state index >= 15 is 0 Å². The molecule has 19 heavy (non-hydrogen) atoms. The van der Waals surface area contributed by atoms with Crippen molar-refractivity contribution in [3.63, 3.8) is 0 Å². The second-order valence-electron chi connectivity index (χ2n) is 4.47. The first-order valence-electron chi connectivity index (χ1n) is 6.10. The van der Waals surface area contributed by atoms with E-state index in [0.29, 0.717) is 12.5 Å². The van der Waals surface area contributed by atoms with Crippen molar-refractivity contribution in [1.82, 2.24) is 14.6 Å². The third kappa shape index (κ3) is 1.94. The molecule has 0 radical (unpaired) electrons. The number of nitrogen functional groups attached to an aromatic ring is 1. The lowest BCUT2D eigenvalue weighted by atomic mass is 10.0. The van der Waals surface area contributed by atoms with Gasteiger partial charge in [-0.2, -0.15) is 4.98 Å². The van der Waals surface area contributed by atoms with Crippen LogP contribution in [0.15, 0.2) is 36.4 Å². The van der Waals surface area contributed by atoms with Gasteiger partial charge in [-0.25, -0.2) is 4.52 Å². The minimum absolute atomic E-state index is 0.290. The number of nitrogens with zero attached hydrogens (tertiary/aromatic N) is 3. The molecule has 0 spiro atoms. The van der Waals surface area contributed by atoms with E-state index in [-0.39, 0.29) is 0 Å². The first-order valence-corrected chi connectivity index (χ1v) is 6.10. The maximum Gasteiger partial charge on any atom is 0.240 e. The first kappa shape index (κ1) is 11.7. The van der Waals surface area contributed by atoms with Gasteiger partial charge in [0.25, 0.3) is 0 Å². The van der Waals surface area contributed by atoms with Crippen LogP contribution in [0.1, 0.15) is 11.3 Å². The first-order chi connectivity index (χ1) is 9.19. The number of aryl methyl sites for hydroxylation is 1. The Morgan fingerprint density at radius 3 is 2.53 bits per heavy atom. The minimum Gasteiger partial charge on any atom is -0.366 e. The molecular formula is C14H15N5. The number of benzene rings is 1. The van der Waals surface area contributed by atoms with E-state index in [2.05, 4.69) is 22.2 Å². The summed E-state index contributed by atoms with van der Waals surface area (Å²) in [6.07, 6.45) is 0.